The SMILES string of the molecule is CC1(C)c2ccccc2C2C=CC(N(c3ccc(F)cc3)c3ccc4c(c3)C(c3ccccc3)(c3ccccc3)c3cc(-c5ccc6c(c5)c5ccccc5n6-c5ccccc5)ccc3-4)=CC21. The summed E-state index contributed by atoms with van der Waals surface area (Å²) < 4.78 is 17.1. The van der Waals surface area contributed by atoms with Gasteiger partial charge in [-0.25, -0.2) is 4.39 Å². The van der Waals surface area contributed by atoms with Crippen LogP contribution in [0.1, 0.15) is 53.1 Å². The van der Waals surface area contributed by atoms with Crippen LogP contribution in [0.2, 0.25) is 0 Å². The summed E-state index contributed by atoms with van der Waals surface area (Å²) in [6.45, 7) is 4.75. The molecule has 3 aliphatic rings. The number of allylic oxidation sites excluding steroid dienone is 3. The van der Waals surface area contributed by atoms with Crippen molar-refractivity contribution in [3.63, 3.8) is 0 Å². The second kappa shape index (κ2) is 15.0. The van der Waals surface area contributed by atoms with Crippen LogP contribution in [-0.4, -0.2) is 4.57 Å². The molecule has 0 N–H and O–H groups in total. The molecule has 320 valence electrons. The second-order valence-corrected chi connectivity index (χ2v) is 19.0. The minimum absolute atomic E-state index is 0.0672. The highest BCUT2D eigenvalue weighted by Crippen LogP contribution is 2.59. The average molecular weight is 863 g/mol. The predicted octanol–water partition coefficient (Wildman–Crippen LogP) is 16.2. The molecule has 0 radical (unpaired) electrons. The molecule has 9 aromatic carbocycles. The Labute approximate surface area is 391 Å². The Hall–Kier alpha value is -8.01. The molecule has 1 aromatic heterocycles. The molecule has 0 saturated carbocycles. The first-order valence-corrected chi connectivity index (χ1v) is 23.4. The van der Waals surface area contributed by atoms with Gasteiger partial charge in [0.05, 0.1) is 16.4 Å². The van der Waals surface area contributed by atoms with Gasteiger partial charge in [0.15, 0.2) is 0 Å². The summed E-state index contributed by atoms with van der Waals surface area (Å²) in [5, 5.41) is 2.46. The summed E-state index contributed by atoms with van der Waals surface area (Å²) >= 11 is 0. The molecule has 0 amide bonds. The van der Waals surface area contributed by atoms with Gasteiger partial charge in [-0.15, -0.1) is 0 Å². The van der Waals surface area contributed by atoms with Crippen molar-refractivity contribution >= 4 is 33.2 Å². The van der Waals surface area contributed by atoms with E-state index in [1.165, 1.54) is 77.4 Å². The third kappa shape index (κ3) is 5.87. The molecule has 0 bridgehead atoms. The van der Waals surface area contributed by atoms with Crippen molar-refractivity contribution in [3.05, 3.63) is 282 Å². The number of rotatable bonds is 7. The maximum Gasteiger partial charge on any atom is 0.123 e. The van der Waals surface area contributed by atoms with Crippen molar-refractivity contribution in [2.24, 2.45) is 5.92 Å². The van der Waals surface area contributed by atoms with Crippen LogP contribution in [0, 0.1) is 11.7 Å². The molecule has 0 saturated heterocycles. The van der Waals surface area contributed by atoms with E-state index >= 15 is 0 Å². The van der Waals surface area contributed by atoms with E-state index in [0.29, 0.717) is 5.92 Å². The molecule has 0 aliphatic heterocycles. The average Bonchev–Trinajstić information content (AvgIpc) is 3.95. The Bertz CT molecular complexity index is 3580. The second-order valence-electron chi connectivity index (χ2n) is 19.0. The van der Waals surface area contributed by atoms with Crippen molar-refractivity contribution < 1.29 is 4.39 Å². The van der Waals surface area contributed by atoms with Gasteiger partial charge in [0.25, 0.3) is 0 Å². The maximum atomic E-state index is 14.8. The van der Waals surface area contributed by atoms with Gasteiger partial charge in [-0.05, 0) is 146 Å². The quantitative estimate of drug-likeness (QED) is 0.155. The first-order chi connectivity index (χ1) is 32.9. The van der Waals surface area contributed by atoms with Crippen molar-refractivity contribution in [1.29, 1.82) is 0 Å². The molecule has 0 spiro atoms. The molecule has 1 heterocycles. The Morgan fingerprint density at radius 1 is 0.493 bits per heavy atom. The molecule has 13 rings (SSSR count). The molecule has 10 aromatic rings. The molecule has 3 aliphatic carbocycles. The van der Waals surface area contributed by atoms with E-state index < -0.39 is 5.41 Å². The maximum absolute atomic E-state index is 14.8. The van der Waals surface area contributed by atoms with Crippen LogP contribution in [-0.2, 0) is 10.8 Å². The van der Waals surface area contributed by atoms with E-state index in [1.54, 1.807) is 12.1 Å². The number of para-hydroxylation sites is 2. The van der Waals surface area contributed by atoms with Crippen LogP contribution in [0.5, 0.6) is 0 Å². The summed E-state index contributed by atoms with van der Waals surface area (Å²) in [7, 11) is 0. The van der Waals surface area contributed by atoms with Crippen LogP contribution >= 0.6 is 0 Å². The molecule has 2 nitrogen and oxygen atoms in total. The first kappa shape index (κ1) is 39.4. The topological polar surface area (TPSA) is 8.17 Å². The zero-order chi connectivity index (χ0) is 44.9. The Balaban J connectivity index is 1.01. The van der Waals surface area contributed by atoms with Crippen LogP contribution in [0.25, 0.3) is 49.7 Å². The Morgan fingerprint density at radius 3 is 1.82 bits per heavy atom. The Kier molecular flexibility index (Phi) is 8.82. The summed E-state index contributed by atoms with van der Waals surface area (Å²) in [5.74, 6) is 0.297. The van der Waals surface area contributed by atoms with Gasteiger partial charge >= 0.3 is 0 Å². The monoisotopic (exact) mass is 862 g/mol. The van der Waals surface area contributed by atoms with E-state index in [2.05, 4.69) is 236 Å². The van der Waals surface area contributed by atoms with Crippen LogP contribution < -0.4 is 4.90 Å². The number of nitrogens with zero attached hydrogens (tertiary/aromatic N) is 2. The van der Waals surface area contributed by atoms with Gasteiger partial charge < -0.3 is 9.47 Å². The van der Waals surface area contributed by atoms with Gasteiger partial charge in [-0.3, -0.25) is 0 Å². The van der Waals surface area contributed by atoms with Crippen LogP contribution in [0.4, 0.5) is 15.8 Å². The van der Waals surface area contributed by atoms with Gasteiger partial charge in [0, 0.05) is 39.4 Å². The highest BCUT2D eigenvalue weighted by molar-refractivity contribution is 6.10. The number of benzene rings is 9. The first-order valence-electron chi connectivity index (χ1n) is 23.4. The van der Waals surface area contributed by atoms with E-state index in [4.69, 9.17) is 0 Å². The zero-order valence-corrected chi connectivity index (χ0v) is 37.4. The molecular weight excluding hydrogens is 816 g/mol. The normalized spacial score (nSPS) is 17.1. The Morgan fingerprint density at radius 2 is 1.07 bits per heavy atom. The van der Waals surface area contributed by atoms with E-state index in [0.717, 1.165) is 22.8 Å². The lowest BCUT2D eigenvalue weighted by Gasteiger charge is -2.36. The molecule has 2 atom stereocenters. The predicted molar refractivity (Wildman–Crippen MR) is 275 cm³/mol. The van der Waals surface area contributed by atoms with Crippen LogP contribution in [0.15, 0.2) is 242 Å². The van der Waals surface area contributed by atoms with Crippen molar-refractivity contribution in [2.45, 2.75) is 30.6 Å². The zero-order valence-electron chi connectivity index (χ0n) is 37.4. The van der Waals surface area contributed by atoms with E-state index in [1.807, 2.05) is 12.1 Å². The number of fused-ring (bicyclic) bond motifs is 9. The summed E-state index contributed by atoms with van der Waals surface area (Å²) in [6.07, 6.45) is 7.15. The van der Waals surface area contributed by atoms with Gasteiger partial charge in [0.1, 0.15) is 5.82 Å². The lowest BCUT2D eigenvalue weighted by atomic mass is 9.67. The fraction of sp³-hybridized carbons (Fsp3) is 0.0938. The van der Waals surface area contributed by atoms with Gasteiger partial charge in [0.2, 0.25) is 0 Å². The molecular formula is C64H47FN2. The smallest absolute Gasteiger partial charge is 0.123 e. The highest BCUT2D eigenvalue weighted by Gasteiger charge is 2.48. The van der Waals surface area contributed by atoms with Crippen molar-refractivity contribution in [2.75, 3.05) is 4.90 Å². The van der Waals surface area contributed by atoms with Crippen molar-refractivity contribution in [3.8, 4) is 27.9 Å². The summed E-state index contributed by atoms with van der Waals surface area (Å²) in [4.78, 5) is 2.34. The summed E-state index contributed by atoms with van der Waals surface area (Å²) in [5.41, 5.74) is 18.3. The minimum Gasteiger partial charge on any atom is -0.311 e. The summed E-state index contributed by atoms with van der Waals surface area (Å²) in [6, 6.07) is 78.4. The molecule has 67 heavy (non-hydrogen) atoms. The van der Waals surface area contributed by atoms with Crippen LogP contribution in [0.3, 0.4) is 0 Å². The molecule has 3 heteroatoms. The molecule has 0 fully saturated rings. The minimum atomic E-state index is -0.655. The third-order valence-electron chi connectivity index (χ3n) is 15.2. The standard InChI is InChI=1S/C64H47FN2/c1-63(2)57-24-14-12-22-51(57)52-35-32-49(40-58(52)63)66(48-30-28-46(65)29-31-48)50-33-36-54-53-34-26-43(39-59(53)64(60(54)41-50,44-16-6-3-7-17-44)45-18-8-4-9-19-45)42-27-37-62-56(38-42)55-23-13-15-25-61(55)67(62)47-20-10-5-11-21-47/h3-41,52,58H,1-2H3. The highest BCUT2D eigenvalue weighted by atomic mass is 19.1. The third-order valence-corrected chi connectivity index (χ3v) is 15.2. The van der Waals surface area contributed by atoms with E-state index in [9.17, 15) is 4.39 Å². The number of halogens is 1. The van der Waals surface area contributed by atoms with Gasteiger partial charge in [-0.1, -0.05) is 172 Å². The number of aromatic nitrogens is 1. The lowest BCUT2D eigenvalue weighted by Crippen LogP contribution is -2.29. The lowest BCUT2D eigenvalue weighted by molar-refractivity contribution is 0.392. The van der Waals surface area contributed by atoms with Gasteiger partial charge in [-0.2, -0.15) is 0 Å². The number of hydrogen-bond acceptors (Lipinski definition) is 1. The van der Waals surface area contributed by atoms with E-state index in [-0.39, 0.29) is 17.2 Å². The number of anilines is 2. The largest absolute Gasteiger partial charge is 0.311 e. The van der Waals surface area contributed by atoms with Crippen molar-refractivity contribution in [1.82, 2.24) is 4.57 Å². The molecule has 2 unspecified atom stereocenters. The number of hydrogen-bond donors (Lipinski definition) is 0. The fourth-order valence-corrected chi connectivity index (χ4v) is 12.2. The fourth-order valence-electron chi connectivity index (χ4n) is 12.2.